The molecule has 31 heavy (non-hydrogen) atoms. The highest BCUT2D eigenvalue weighted by Gasteiger charge is 2.26. The van der Waals surface area contributed by atoms with E-state index in [1.165, 1.54) is 0 Å². The van der Waals surface area contributed by atoms with Crippen molar-refractivity contribution in [3.05, 3.63) is 59.0 Å². The predicted octanol–water partition coefficient (Wildman–Crippen LogP) is 3.49. The number of aromatic nitrogens is 3. The zero-order valence-electron chi connectivity index (χ0n) is 18.2. The van der Waals surface area contributed by atoms with Gasteiger partial charge in [0.15, 0.2) is 5.65 Å². The molecular weight excluding hydrogens is 390 g/mol. The minimum atomic E-state index is -0.123. The van der Waals surface area contributed by atoms with Gasteiger partial charge in [0.05, 0.1) is 29.6 Å². The van der Waals surface area contributed by atoms with Gasteiger partial charge in [-0.1, -0.05) is 25.1 Å². The number of amides is 1. The molecule has 7 nitrogen and oxygen atoms in total. The molecule has 1 saturated heterocycles. The molecule has 1 amide bonds. The summed E-state index contributed by atoms with van der Waals surface area (Å²) in [5, 5.41) is 8.02. The molecule has 2 aromatic heterocycles. The minimum absolute atomic E-state index is 0.0653. The standard InChI is InChI=1S/C24H29N5O2/c1-3-28-11-8-17(9-12-28)21-14-23-25-15-19(16(2)29(23)27-21)24(30)26-20-10-13-31-22-7-5-4-6-18(20)22/h4-7,14-15,17,20H,3,8-13H2,1-2H3,(H,26,30)/t20-/m0/s1. The van der Waals surface area contributed by atoms with E-state index in [1.54, 1.807) is 6.20 Å². The molecule has 7 heteroatoms. The zero-order chi connectivity index (χ0) is 21.4. The van der Waals surface area contributed by atoms with Gasteiger partial charge in [-0.3, -0.25) is 4.79 Å². The number of nitrogens with zero attached hydrogens (tertiary/aromatic N) is 4. The van der Waals surface area contributed by atoms with E-state index in [-0.39, 0.29) is 11.9 Å². The number of ether oxygens (including phenoxy) is 1. The number of benzene rings is 1. The summed E-state index contributed by atoms with van der Waals surface area (Å²) in [4.78, 5) is 20.2. The molecule has 0 spiro atoms. The molecule has 1 atom stereocenters. The normalized spacial score (nSPS) is 19.7. The highest BCUT2D eigenvalue weighted by molar-refractivity contribution is 5.95. The molecule has 0 saturated carbocycles. The molecule has 1 fully saturated rings. The third kappa shape index (κ3) is 3.78. The van der Waals surface area contributed by atoms with E-state index < -0.39 is 0 Å². The van der Waals surface area contributed by atoms with Gasteiger partial charge in [0.2, 0.25) is 0 Å². The van der Waals surface area contributed by atoms with Crippen molar-refractivity contribution in [3.8, 4) is 5.75 Å². The zero-order valence-corrected chi connectivity index (χ0v) is 18.2. The third-order valence-corrected chi connectivity index (χ3v) is 6.70. The number of hydrogen-bond donors (Lipinski definition) is 1. The molecule has 0 radical (unpaired) electrons. The van der Waals surface area contributed by atoms with E-state index >= 15 is 0 Å². The fourth-order valence-electron chi connectivity index (χ4n) is 4.76. The Morgan fingerprint density at radius 3 is 2.84 bits per heavy atom. The van der Waals surface area contributed by atoms with Crippen LogP contribution in [0.25, 0.3) is 5.65 Å². The Labute approximate surface area is 182 Å². The lowest BCUT2D eigenvalue weighted by molar-refractivity contribution is 0.0923. The van der Waals surface area contributed by atoms with Gasteiger partial charge in [-0.05, 0) is 45.5 Å². The topological polar surface area (TPSA) is 71.8 Å². The van der Waals surface area contributed by atoms with Gasteiger partial charge in [0, 0.05) is 30.2 Å². The van der Waals surface area contributed by atoms with Crippen molar-refractivity contribution in [2.24, 2.45) is 0 Å². The Morgan fingerprint density at radius 2 is 2.03 bits per heavy atom. The summed E-state index contributed by atoms with van der Waals surface area (Å²) < 4.78 is 7.54. The molecule has 2 aliphatic heterocycles. The Hall–Kier alpha value is -2.93. The summed E-state index contributed by atoms with van der Waals surface area (Å²) >= 11 is 0. The lowest BCUT2D eigenvalue weighted by atomic mass is 9.94. The van der Waals surface area contributed by atoms with Crippen LogP contribution in [0.1, 0.15) is 65.5 Å². The van der Waals surface area contributed by atoms with Gasteiger partial charge in [0.25, 0.3) is 5.91 Å². The largest absolute Gasteiger partial charge is 0.493 e. The minimum Gasteiger partial charge on any atom is -0.493 e. The van der Waals surface area contributed by atoms with E-state index in [0.29, 0.717) is 18.1 Å². The number of likely N-dealkylation sites (tertiary alicyclic amines) is 1. The average molecular weight is 420 g/mol. The van der Waals surface area contributed by atoms with Crippen molar-refractivity contribution in [1.82, 2.24) is 24.8 Å². The number of piperidine rings is 1. The lowest BCUT2D eigenvalue weighted by Gasteiger charge is -2.29. The third-order valence-electron chi connectivity index (χ3n) is 6.70. The van der Waals surface area contributed by atoms with Crippen molar-refractivity contribution in [2.45, 2.75) is 45.1 Å². The summed E-state index contributed by atoms with van der Waals surface area (Å²) in [7, 11) is 0. The second-order valence-electron chi connectivity index (χ2n) is 8.51. The van der Waals surface area contributed by atoms with Crippen molar-refractivity contribution in [1.29, 1.82) is 0 Å². The van der Waals surface area contributed by atoms with E-state index in [4.69, 9.17) is 9.84 Å². The molecule has 0 unspecified atom stereocenters. The van der Waals surface area contributed by atoms with Crippen molar-refractivity contribution in [3.63, 3.8) is 0 Å². The van der Waals surface area contributed by atoms with E-state index in [0.717, 1.165) is 67.2 Å². The van der Waals surface area contributed by atoms with Crippen LogP contribution in [0.5, 0.6) is 5.75 Å². The molecule has 2 aliphatic rings. The number of rotatable bonds is 4. The maximum absolute atomic E-state index is 13.1. The van der Waals surface area contributed by atoms with Crippen LogP contribution in [0.4, 0.5) is 0 Å². The van der Waals surface area contributed by atoms with Gasteiger partial charge < -0.3 is 15.0 Å². The fraction of sp³-hybridized carbons (Fsp3) is 0.458. The van der Waals surface area contributed by atoms with Crippen LogP contribution in [0.15, 0.2) is 36.5 Å². The second kappa shape index (κ2) is 8.30. The van der Waals surface area contributed by atoms with Crippen LogP contribution in [0, 0.1) is 6.92 Å². The van der Waals surface area contributed by atoms with Crippen LogP contribution < -0.4 is 10.1 Å². The van der Waals surface area contributed by atoms with Crippen LogP contribution in [0.2, 0.25) is 0 Å². The number of nitrogens with one attached hydrogen (secondary N) is 1. The molecule has 0 bridgehead atoms. The Kier molecular flexibility index (Phi) is 5.36. The van der Waals surface area contributed by atoms with Crippen LogP contribution in [-0.4, -0.2) is 51.6 Å². The average Bonchev–Trinajstić information content (AvgIpc) is 3.25. The number of fused-ring (bicyclic) bond motifs is 2. The molecule has 4 heterocycles. The van der Waals surface area contributed by atoms with Gasteiger partial charge in [-0.2, -0.15) is 5.10 Å². The number of para-hydroxylation sites is 1. The maximum atomic E-state index is 13.1. The first-order chi connectivity index (χ1) is 15.1. The number of carbonyl (C=O) groups excluding carboxylic acids is 1. The molecule has 5 rings (SSSR count). The SMILES string of the molecule is CCN1CCC(c2cc3ncc(C(=O)N[C@H]4CCOc5ccccc54)c(C)n3n2)CC1. The predicted molar refractivity (Wildman–Crippen MR) is 119 cm³/mol. The first kappa shape index (κ1) is 20.0. The first-order valence-electron chi connectivity index (χ1n) is 11.2. The molecule has 162 valence electrons. The van der Waals surface area contributed by atoms with E-state index in [2.05, 4.69) is 28.2 Å². The Morgan fingerprint density at radius 1 is 1.23 bits per heavy atom. The molecule has 0 aliphatic carbocycles. The molecule has 3 aromatic rings. The lowest BCUT2D eigenvalue weighted by Crippen LogP contribution is -2.33. The molecular formula is C24H29N5O2. The summed E-state index contributed by atoms with van der Waals surface area (Å²) in [5.74, 6) is 1.18. The quantitative estimate of drug-likeness (QED) is 0.701. The first-order valence-corrected chi connectivity index (χ1v) is 11.2. The monoisotopic (exact) mass is 419 g/mol. The number of hydrogen-bond acceptors (Lipinski definition) is 5. The van der Waals surface area contributed by atoms with Crippen molar-refractivity contribution >= 4 is 11.6 Å². The molecule has 1 N–H and O–H groups in total. The van der Waals surface area contributed by atoms with Crippen LogP contribution in [-0.2, 0) is 0 Å². The fourth-order valence-corrected chi connectivity index (χ4v) is 4.76. The Balaban J connectivity index is 1.37. The second-order valence-corrected chi connectivity index (χ2v) is 8.51. The van der Waals surface area contributed by atoms with Gasteiger partial charge in [-0.25, -0.2) is 9.50 Å². The number of carbonyl (C=O) groups is 1. The van der Waals surface area contributed by atoms with E-state index in [9.17, 15) is 4.79 Å². The summed E-state index contributed by atoms with van der Waals surface area (Å²) in [6.45, 7) is 8.08. The summed E-state index contributed by atoms with van der Waals surface area (Å²) in [6.07, 6.45) is 4.66. The summed E-state index contributed by atoms with van der Waals surface area (Å²) in [5.41, 5.74) is 4.29. The van der Waals surface area contributed by atoms with Gasteiger partial charge in [0.1, 0.15) is 5.75 Å². The highest BCUT2D eigenvalue weighted by Crippen LogP contribution is 2.32. The smallest absolute Gasteiger partial charge is 0.255 e. The van der Waals surface area contributed by atoms with Crippen LogP contribution in [0.3, 0.4) is 0 Å². The summed E-state index contributed by atoms with van der Waals surface area (Å²) in [6, 6.07) is 9.90. The van der Waals surface area contributed by atoms with Gasteiger partial charge in [-0.15, -0.1) is 0 Å². The highest BCUT2D eigenvalue weighted by atomic mass is 16.5. The maximum Gasteiger partial charge on any atom is 0.255 e. The van der Waals surface area contributed by atoms with Crippen molar-refractivity contribution in [2.75, 3.05) is 26.2 Å². The Bertz CT molecular complexity index is 1100. The number of aryl methyl sites for hydroxylation is 1. The van der Waals surface area contributed by atoms with Gasteiger partial charge >= 0.3 is 0 Å². The van der Waals surface area contributed by atoms with Crippen molar-refractivity contribution < 1.29 is 9.53 Å². The molecule has 1 aromatic carbocycles. The van der Waals surface area contributed by atoms with E-state index in [1.807, 2.05) is 35.7 Å². The van der Waals surface area contributed by atoms with Crippen LogP contribution >= 0.6 is 0 Å².